The van der Waals surface area contributed by atoms with Gasteiger partial charge in [-0.15, -0.1) is 0 Å². The third kappa shape index (κ3) is 3.89. The second-order valence-electron chi connectivity index (χ2n) is 3.73. The minimum absolute atomic E-state index is 0.0896. The Balaban J connectivity index is 1.83. The van der Waals surface area contributed by atoms with E-state index in [1.807, 2.05) is 37.3 Å². The quantitative estimate of drug-likeness (QED) is 0.833. The summed E-state index contributed by atoms with van der Waals surface area (Å²) in [6, 6.07) is 9.58. The average molecular weight is 265 g/mol. The van der Waals surface area contributed by atoms with Crippen molar-refractivity contribution in [3.63, 3.8) is 0 Å². The van der Waals surface area contributed by atoms with E-state index in [2.05, 4.69) is 9.97 Å². The fourth-order valence-electron chi connectivity index (χ4n) is 1.36. The summed E-state index contributed by atoms with van der Waals surface area (Å²) >= 11 is 5.71. The number of para-hydroxylation sites is 1. The molecule has 1 aromatic carbocycles. The Morgan fingerprint density at radius 2 is 2.00 bits per heavy atom. The summed E-state index contributed by atoms with van der Waals surface area (Å²) in [4.78, 5) is 7.86. The van der Waals surface area contributed by atoms with Crippen molar-refractivity contribution in [1.29, 1.82) is 0 Å². The highest BCUT2D eigenvalue weighted by Gasteiger charge is 2.06. The van der Waals surface area contributed by atoms with Crippen LogP contribution in [0.1, 0.15) is 6.92 Å². The zero-order valence-corrected chi connectivity index (χ0v) is 10.7. The average Bonchev–Trinajstić information content (AvgIpc) is 2.38. The number of nitrogens with zero attached hydrogens (tertiary/aromatic N) is 2. The molecule has 0 saturated heterocycles. The van der Waals surface area contributed by atoms with Crippen molar-refractivity contribution >= 4 is 11.6 Å². The lowest BCUT2D eigenvalue weighted by molar-refractivity contribution is 0.139. The topological polar surface area (TPSA) is 44.2 Å². The number of halogens is 1. The van der Waals surface area contributed by atoms with Crippen LogP contribution < -0.4 is 9.47 Å². The highest BCUT2D eigenvalue weighted by molar-refractivity contribution is 6.29. The first kappa shape index (κ1) is 12.6. The smallest absolute Gasteiger partial charge is 0.233 e. The van der Waals surface area contributed by atoms with Crippen molar-refractivity contribution in [2.75, 3.05) is 6.61 Å². The molecule has 1 heterocycles. The van der Waals surface area contributed by atoms with Gasteiger partial charge in [-0.2, -0.15) is 4.98 Å². The van der Waals surface area contributed by atoms with Crippen LogP contribution in [0.4, 0.5) is 0 Å². The number of hydrogen-bond donors (Lipinski definition) is 0. The van der Waals surface area contributed by atoms with Gasteiger partial charge in [0.1, 0.15) is 18.5 Å². The zero-order valence-electron chi connectivity index (χ0n) is 9.91. The van der Waals surface area contributed by atoms with E-state index in [4.69, 9.17) is 21.1 Å². The molecule has 0 fully saturated rings. The molecule has 1 unspecified atom stereocenters. The van der Waals surface area contributed by atoms with Gasteiger partial charge in [0.15, 0.2) is 5.15 Å². The Hall–Kier alpha value is -1.81. The summed E-state index contributed by atoms with van der Waals surface area (Å²) in [7, 11) is 0. The van der Waals surface area contributed by atoms with E-state index in [0.717, 1.165) is 5.75 Å². The number of rotatable bonds is 5. The summed E-state index contributed by atoms with van der Waals surface area (Å²) in [5.41, 5.74) is 0. The molecule has 0 aliphatic heterocycles. The number of ether oxygens (including phenoxy) is 2. The molecule has 0 N–H and O–H groups in total. The molecule has 1 atom stereocenters. The van der Waals surface area contributed by atoms with E-state index in [1.165, 1.54) is 12.4 Å². The first-order valence-electron chi connectivity index (χ1n) is 5.56. The molecule has 0 bridgehead atoms. The van der Waals surface area contributed by atoms with Gasteiger partial charge < -0.3 is 9.47 Å². The summed E-state index contributed by atoms with van der Waals surface area (Å²) < 4.78 is 11.1. The van der Waals surface area contributed by atoms with E-state index in [-0.39, 0.29) is 6.10 Å². The maximum absolute atomic E-state index is 5.71. The van der Waals surface area contributed by atoms with Crippen molar-refractivity contribution in [3.05, 3.63) is 47.9 Å². The van der Waals surface area contributed by atoms with Gasteiger partial charge >= 0.3 is 0 Å². The number of aromatic nitrogens is 2. The Kier molecular flexibility index (Phi) is 4.36. The molecule has 0 spiro atoms. The van der Waals surface area contributed by atoms with Gasteiger partial charge in [0.2, 0.25) is 5.88 Å². The lowest BCUT2D eigenvalue weighted by Gasteiger charge is -2.14. The zero-order chi connectivity index (χ0) is 12.8. The van der Waals surface area contributed by atoms with Crippen molar-refractivity contribution in [1.82, 2.24) is 9.97 Å². The molecule has 5 heteroatoms. The van der Waals surface area contributed by atoms with Gasteiger partial charge in [-0.1, -0.05) is 29.8 Å². The van der Waals surface area contributed by atoms with Crippen molar-refractivity contribution in [2.24, 2.45) is 0 Å². The third-order valence-corrected chi connectivity index (χ3v) is 2.31. The van der Waals surface area contributed by atoms with Crippen LogP contribution in [-0.2, 0) is 0 Å². The van der Waals surface area contributed by atoms with E-state index in [1.54, 1.807) is 0 Å². The molecule has 94 valence electrons. The maximum atomic E-state index is 5.71. The largest absolute Gasteiger partial charge is 0.487 e. The van der Waals surface area contributed by atoms with Crippen LogP contribution in [0.3, 0.4) is 0 Å². The highest BCUT2D eigenvalue weighted by Crippen LogP contribution is 2.12. The minimum atomic E-state index is -0.0896. The van der Waals surface area contributed by atoms with Gasteiger partial charge in [0.05, 0.1) is 12.4 Å². The monoisotopic (exact) mass is 264 g/mol. The van der Waals surface area contributed by atoms with Crippen LogP contribution >= 0.6 is 11.6 Å². The Morgan fingerprint density at radius 1 is 1.22 bits per heavy atom. The number of benzene rings is 1. The molecule has 0 aliphatic carbocycles. The Bertz CT molecular complexity index is 493. The standard InChI is InChI=1S/C13H13ClN2O2/c1-10(18-11-5-3-2-4-6-11)9-17-13-8-15-7-12(14)16-13/h2-8,10H,9H2,1H3. The second-order valence-corrected chi connectivity index (χ2v) is 4.12. The molecular weight excluding hydrogens is 252 g/mol. The van der Waals surface area contributed by atoms with Crippen molar-refractivity contribution < 1.29 is 9.47 Å². The molecule has 1 aromatic heterocycles. The highest BCUT2D eigenvalue weighted by atomic mass is 35.5. The van der Waals surface area contributed by atoms with Crippen LogP contribution in [0.2, 0.25) is 5.15 Å². The predicted molar refractivity (Wildman–Crippen MR) is 69.1 cm³/mol. The molecular formula is C13H13ClN2O2. The minimum Gasteiger partial charge on any atom is -0.487 e. The fraction of sp³-hybridized carbons (Fsp3) is 0.231. The predicted octanol–water partition coefficient (Wildman–Crippen LogP) is 2.98. The fourth-order valence-corrected chi connectivity index (χ4v) is 1.50. The normalized spacial score (nSPS) is 11.9. The lowest BCUT2D eigenvalue weighted by atomic mass is 10.3. The van der Waals surface area contributed by atoms with E-state index in [9.17, 15) is 0 Å². The molecule has 2 aromatic rings. The molecule has 2 rings (SSSR count). The van der Waals surface area contributed by atoms with Crippen LogP contribution in [0.15, 0.2) is 42.7 Å². The van der Waals surface area contributed by atoms with Gasteiger partial charge in [-0.3, -0.25) is 4.98 Å². The summed E-state index contributed by atoms with van der Waals surface area (Å²) in [5, 5.41) is 0.309. The molecule has 0 amide bonds. The summed E-state index contributed by atoms with van der Waals surface area (Å²) in [5.74, 6) is 1.21. The Labute approximate surface area is 111 Å². The molecule has 0 aliphatic rings. The van der Waals surface area contributed by atoms with Crippen LogP contribution in [0.5, 0.6) is 11.6 Å². The van der Waals surface area contributed by atoms with Gasteiger partial charge in [-0.05, 0) is 19.1 Å². The molecule has 4 nitrogen and oxygen atoms in total. The van der Waals surface area contributed by atoms with E-state index in [0.29, 0.717) is 17.6 Å². The second kappa shape index (κ2) is 6.21. The van der Waals surface area contributed by atoms with Crippen LogP contribution in [0.25, 0.3) is 0 Å². The molecule has 18 heavy (non-hydrogen) atoms. The summed E-state index contributed by atoms with van der Waals surface area (Å²) in [6.45, 7) is 2.30. The molecule has 0 saturated carbocycles. The maximum Gasteiger partial charge on any atom is 0.233 e. The van der Waals surface area contributed by atoms with E-state index >= 15 is 0 Å². The van der Waals surface area contributed by atoms with Crippen molar-refractivity contribution in [2.45, 2.75) is 13.0 Å². The van der Waals surface area contributed by atoms with E-state index < -0.39 is 0 Å². The first-order valence-corrected chi connectivity index (χ1v) is 5.94. The van der Waals surface area contributed by atoms with Crippen LogP contribution in [0, 0.1) is 0 Å². The molecule has 0 radical (unpaired) electrons. The van der Waals surface area contributed by atoms with Crippen molar-refractivity contribution in [3.8, 4) is 11.6 Å². The Morgan fingerprint density at radius 3 is 2.72 bits per heavy atom. The SMILES string of the molecule is CC(COc1cncc(Cl)n1)Oc1ccccc1. The number of hydrogen-bond acceptors (Lipinski definition) is 4. The van der Waals surface area contributed by atoms with Gasteiger partial charge in [-0.25, -0.2) is 0 Å². The first-order chi connectivity index (χ1) is 8.74. The lowest BCUT2D eigenvalue weighted by Crippen LogP contribution is -2.21. The summed E-state index contributed by atoms with van der Waals surface area (Å²) in [6.07, 6.45) is 2.88. The third-order valence-electron chi connectivity index (χ3n) is 2.13. The van der Waals surface area contributed by atoms with Gasteiger partial charge in [0.25, 0.3) is 0 Å². The van der Waals surface area contributed by atoms with Crippen LogP contribution in [-0.4, -0.2) is 22.7 Å². The van der Waals surface area contributed by atoms with Gasteiger partial charge in [0, 0.05) is 0 Å².